The first-order chi connectivity index (χ1) is 15.2. The fourth-order valence-electron chi connectivity index (χ4n) is 4.82. The predicted octanol–water partition coefficient (Wildman–Crippen LogP) is 8.35. The van der Waals surface area contributed by atoms with Gasteiger partial charge < -0.3 is 0 Å². The van der Waals surface area contributed by atoms with Crippen LogP contribution in [0.2, 0.25) is 5.02 Å². The van der Waals surface area contributed by atoms with E-state index in [4.69, 9.17) is 16.9 Å². The lowest BCUT2D eigenvalue weighted by Gasteiger charge is -2.28. The number of hydrogen-bond donors (Lipinski definition) is 0. The molecule has 0 bridgehead atoms. The zero-order chi connectivity index (χ0) is 21.6. The summed E-state index contributed by atoms with van der Waals surface area (Å²) in [7, 11) is 0. The third-order valence-corrected chi connectivity index (χ3v) is 7.25. The quantitative estimate of drug-likeness (QED) is 0.387. The SMILES string of the molecule is CC[C@H]1CC[C@H](c2ccc(CCc3ccc(-c4ccc(C#N)cc4Cl)cc3)cc2)CC1. The van der Waals surface area contributed by atoms with Crippen LogP contribution in [0.25, 0.3) is 11.1 Å². The molecule has 0 spiro atoms. The van der Waals surface area contributed by atoms with Crippen LogP contribution in [0.1, 0.15) is 67.2 Å². The Morgan fingerprint density at radius 2 is 1.45 bits per heavy atom. The molecule has 3 aromatic carbocycles. The standard InChI is InChI=1S/C29H30ClN/c1-2-21-5-12-25(13-6-21)26-14-7-22(8-15-26)3-4-23-9-16-27(17-10-23)28-18-11-24(20-31)19-29(28)30/h7-11,14-19,21,25H,2-6,12-13H2,1H3/t21-,25-. The minimum Gasteiger partial charge on any atom is -0.192 e. The molecule has 0 aromatic heterocycles. The molecule has 3 aromatic rings. The first-order valence-electron chi connectivity index (χ1n) is 11.5. The number of nitriles is 1. The topological polar surface area (TPSA) is 23.8 Å². The Bertz CT molecular complexity index is 1040. The van der Waals surface area contributed by atoms with Gasteiger partial charge in [0.1, 0.15) is 0 Å². The molecule has 1 aliphatic rings. The van der Waals surface area contributed by atoms with E-state index in [0.29, 0.717) is 10.6 Å². The van der Waals surface area contributed by atoms with Gasteiger partial charge in [-0.2, -0.15) is 5.26 Å². The Hall–Kier alpha value is -2.56. The van der Waals surface area contributed by atoms with Crippen molar-refractivity contribution < 1.29 is 0 Å². The Morgan fingerprint density at radius 1 is 0.839 bits per heavy atom. The second-order valence-corrected chi connectivity index (χ2v) is 9.28. The molecule has 0 radical (unpaired) electrons. The maximum atomic E-state index is 9.00. The third-order valence-electron chi connectivity index (χ3n) is 6.94. The second-order valence-electron chi connectivity index (χ2n) is 8.87. The lowest BCUT2D eigenvalue weighted by atomic mass is 9.78. The highest BCUT2D eigenvalue weighted by Gasteiger charge is 2.21. The second kappa shape index (κ2) is 10.2. The number of benzene rings is 3. The molecule has 1 nitrogen and oxygen atoms in total. The van der Waals surface area contributed by atoms with Crippen LogP contribution in [-0.2, 0) is 12.8 Å². The van der Waals surface area contributed by atoms with Gasteiger partial charge in [0.25, 0.3) is 0 Å². The van der Waals surface area contributed by atoms with Crippen LogP contribution in [0.3, 0.4) is 0 Å². The van der Waals surface area contributed by atoms with E-state index < -0.39 is 0 Å². The fourth-order valence-corrected chi connectivity index (χ4v) is 5.11. The third kappa shape index (κ3) is 5.38. The molecular weight excluding hydrogens is 398 g/mol. The normalized spacial score (nSPS) is 18.5. The Balaban J connectivity index is 1.34. The van der Waals surface area contributed by atoms with Gasteiger partial charge in [0.05, 0.1) is 11.6 Å². The van der Waals surface area contributed by atoms with Crippen molar-refractivity contribution in [2.45, 2.75) is 57.8 Å². The van der Waals surface area contributed by atoms with Crippen LogP contribution in [0.5, 0.6) is 0 Å². The van der Waals surface area contributed by atoms with Crippen LogP contribution < -0.4 is 0 Å². The van der Waals surface area contributed by atoms with Crippen LogP contribution in [0.15, 0.2) is 66.7 Å². The van der Waals surface area contributed by atoms with Crippen molar-refractivity contribution in [1.29, 1.82) is 5.26 Å². The molecule has 0 heterocycles. The maximum absolute atomic E-state index is 9.00. The number of nitrogens with zero attached hydrogens (tertiary/aromatic N) is 1. The number of halogens is 1. The van der Waals surface area contributed by atoms with Crippen molar-refractivity contribution in [3.63, 3.8) is 0 Å². The molecule has 0 amide bonds. The van der Waals surface area contributed by atoms with Gasteiger partial charge in [0.15, 0.2) is 0 Å². The van der Waals surface area contributed by atoms with E-state index in [9.17, 15) is 0 Å². The molecule has 2 heteroatoms. The lowest BCUT2D eigenvalue weighted by molar-refractivity contribution is 0.319. The number of aryl methyl sites for hydroxylation is 2. The van der Waals surface area contributed by atoms with Crippen molar-refractivity contribution in [2.75, 3.05) is 0 Å². The summed E-state index contributed by atoms with van der Waals surface area (Å²) < 4.78 is 0. The molecule has 1 fully saturated rings. The van der Waals surface area contributed by atoms with Crippen LogP contribution in [-0.4, -0.2) is 0 Å². The summed E-state index contributed by atoms with van der Waals surface area (Å²) in [5, 5.41) is 9.62. The van der Waals surface area contributed by atoms with Gasteiger partial charge in [0, 0.05) is 10.6 Å². The summed E-state index contributed by atoms with van der Waals surface area (Å²) in [6.45, 7) is 2.33. The molecule has 1 saturated carbocycles. The summed E-state index contributed by atoms with van der Waals surface area (Å²) >= 11 is 6.36. The molecule has 31 heavy (non-hydrogen) atoms. The van der Waals surface area contributed by atoms with E-state index in [-0.39, 0.29) is 0 Å². The minimum atomic E-state index is 0.588. The largest absolute Gasteiger partial charge is 0.192 e. The lowest BCUT2D eigenvalue weighted by Crippen LogP contribution is -2.12. The summed E-state index contributed by atoms with van der Waals surface area (Å²) in [6.07, 6.45) is 8.93. The monoisotopic (exact) mass is 427 g/mol. The molecule has 0 unspecified atom stereocenters. The van der Waals surface area contributed by atoms with Crippen LogP contribution in [0, 0.1) is 17.2 Å². The summed E-state index contributed by atoms with van der Waals surface area (Å²) in [6, 6.07) is 25.6. The maximum Gasteiger partial charge on any atom is 0.0992 e. The van der Waals surface area contributed by atoms with Gasteiger partial charge in [-0.3, -0.25) is 0 Å². The van der Waals surface area contributed by atoms with Crippen molar-refractivity contribution in [3.8, 4) is 17.2 Å². The van der Waals surface area contributed by atoms with Gasteiger partial charge in [-0.05, 0) is 84.7 Å². The van der Waals surface area contributed by atoms with Crippen LogP contribution in [0.4, 0.5) is 0 Å². The summed E-state index contributed by atoms with van der Waals surface area (Å²) in [4.78, 5) is 0. The average Bonchev–Trinajstić information content (AvgIpc) is 2.83. The highest BCUT2D eigenvalue weighted by molar-refractivity contribution is 6.33. The van der Waals surface area contributed by atoms with E-state index in [0.717, 1.165) is 35.8 Å². The average molecular weight is 428 g/mol. The molecule has 158 valence electrons. The number of hydrogen-bond acceptors (Lipinski definition) is 1. The van der Waals surface area contributed by atoms with Crippen molar-refractivity contribution in [2.24, 2.45) is 5.92 Å². The summed E-state index contributed by atoms with van der Waals surface area (Å²) in [5.74, 6) is 1.72. The molecule has 4 rings (SSSR count). The summed E-state index contributed by atoms with van der Waals surface area (Å²) in [5.41, 5.74) is 6.91. The highest BCUT2D eigenvalue weighted by Crippen LogP contribution is 2.37. The van der Waals surface area contributed by atoms with Gasteiger partial charge in [0.2, 0.25) is 0 Å². The molecule has 0 atom stereocenters. The Morgan fingerprint density at radius 3 is 2.00 bits per heavy atom. The molecular formula is C29H30ClN. The van der Waals surface area contributed by atoms with E-state index in [1.165, 1.54) is 48.8 Å². The Labute approximate surface area is 191 Å². The van der Waals surface area contributed by atoms with E-state index in [1.54, 1.807) is 6.07 Å². The Kier molecular flexibility index (Phi) is 7.10. The molecule has 0 saturated heterocycles. The smallest absolute Gasteiger partial charge is 0.0992 e. The van der Waals surface area contributed by atoms with E-state index in [1.807, 2.05) is 12.1 Å². The first-order valence-corrected chi connectivity index (χ1v) is 11.9. The van der Waals surface area contributed by atoms with Gasteiger partial charge >= 0.3 is 0 Å². The molecule has 0 N–H and O–H groups in total. The van der Waals surface area contributed by atoms with Gasteiger partial charge in [-0.15, -0.1) is 0 Å². The van der Waals surface area contributed by atoms with E-state index >= 15 is 0 Å². The first kappa shape index (κ1) is 21.7. The fraction of sp³-hybridized carbons (Fsp3) is 0.345. The predicted molar refractivity (Wildman–Crippen MR) is 130 cm³/mol. The molecule has 0 aliphatic heterocycles. The zero-order valence-electron chi connectivity index (χ0n) is 18.3. The van der Waals surface area contributed by atoms with E-state index in [2.05, 4.69) is 61.5 Å². The van der Waals surface area contributed by atoms with Crippen LogP contribution >= 0.6 is 11.6 Å². The van der Waals surface area contributed by atoms with Gasteiger partial charge in [-0.1, -0.05) is 79.5 Å². The minimum absolute atomic E-state index is 0.588. The number of rotatable bonds is 6. The van der Waals surface area contributed by atoms with Gasteiger partial charge in [-0.25, -0.2) is 0 Å². The highest BCUT2D eigenvalue weighted by atomic mass is 35.5. The van der Waals surface area contributed by atoms with Crippen molar-refractivity contribution in [1.82, 2.24) is 0 Å². The zero-order valence-corrected chi connectivity index (χ0v) is 19.0. The van der Waals surface area contributed by atoms with Crippen molar-refractivity contribution >= 4 is 11.6 Å². The van der Waals surface area contributed by atoms with Crippen molar-refractivity contribution in [3.05, 3.63) is 94.0 Å². The molecule has 1 aliphatic carbocycles.